The zero-order chi connectivity index (χ0) is 15.2. The third-order valence-electron chi connectivity index (χ3n) is 2.25. The summed E-state index contributed by atoms with van der Waals surface area (Å²) in [5.74, 6) is 5.15. The largest absolute Gasteiger partial charge is 0.463 e. The first-order chi connectivity index (χ1) is 10.1. The van der Waals surface area contributed by atoms with Crippen molar-refractivity contribution in [3.05, 3.63) is 28.5 Å². The zero-order valence-corrected chi connectivity index (χ0v) is 12.7. The highest BCUT2D eigenvalue weighted by Crippen LogP contribution is 2.29. The second-order valence-electron chi connectivity index (χ2n) is 3.89. The van der Waals surface area contributed by atoms with Crippen LogP contribution in [-0.4, -0.2) is 21.6 Å². The summed E-state index contributed by atoms with van der Waals surface area (Å²) in [7, 11) is 0. The molecular formula is C12H13BrFN5O2. The van der Waals surface area contributed by atoms with E-state index in [0.29, 0.717) is 11.1 Å². The van der Waals surface area contributed by atoms with Gasteiger partial charge in [-0.3, -0.25) is 5.43 Å². The van der Waals surface area contributed by atoms with E-state index in [1.807, 2.05) is 6.92 Å². The predicted octanol–water partition coefficient (Wildman–Crippen LogP) is 2.64. The van der Waals surface area contributed by atoms with Crippen LogP contribution < -0.4 is 20.7 Å². The highest BCUT2D eigenvalue weighted by molar-refractivity contribution is 9.10. The monoisotopic (exact) mass is 357 g/mol. The van der Waals surface area contributed by atoms with Crippen LogP contribution in [0.15, 0.2) is 22.7 Å². The second-order valence-corrected chi connectivity index (χ2v) is 4.75. The Labute approximate surface area is 128 Å². The van der Waals surface area contributed by atoms with Gasteiger partial charge in [-0.2, -0.15) is 9.97 Å². The van der Waals surface area contributed by atoms with Crippen molar-refractivity contribution in [3.63, 3.8) is 0 Å². The number of aromatic nitrogens is 3. The number of benzene rings is 1. The van der Waals surface area contributed by atoms with Crippen molar-refractivity contribution in [1.29, 1.82) is 0 Å². The van der Waals surface area contributed by atoms with Crippen molar-refractivity contribution in [3.8, 4) is 17.8 Å². The van der Waals surface area contributed by atoms with Crippen molar-refractivity contribution >= 4 is 21.9 Å². The van der Waals surface area contributed by atoms with Gasteiger partial charge in [0.25, 0.3) is 0 Å². The van der Waals surface area contributed by atoms with Crippen LogP contribution in [0.4, 0.5) is 10.3 Å². The van der Waals surface area contributed by atoms with E-state index in [0.717, 1.165) is 6.42 Å². The molecule has 1 heterocycles. The third-order valence-corrected chi connectivity index (χ3v) is 2.91. The molecule has 1 aromatic carbocycles. The molecule has 2 aromatic rings. The Bertz CT molecular complexity index is 629. The molecule has 0 aliphatic carbocycles. The maximum Gasteiger partial charge on any atom is 0.330 e. The highest BCUT2D eigenvalue weighted by Gasteiger charge is 2.11. The first kappa shape index (κ1) is 15.4. The molecular weight excluding hydrogens is 345 g/mol. The molecule has 0 atom stereocenters. The molecule has 2 rings (SSSR count). The molecule has 9 heteroatoms. The maximum atomic E-state index is 13.2. The Hall–Kier alpha value is -2.00. The summed E-state index contributed by atoms with van der Waals surface area (Å²) in [6.07, 6.45) is 0.794. The molecule has 0 aliphatic rings. The van der Waals surface area contributed by atoms with E-state index in [1.165, 1.54) is 18.2 Å². The number of rotatable bonds is 6. The van der Waals surface area contributed by atoms with Gasteiger partial charge in [-0.15, -0.1) is 4.98 Å². The van der Waals surface area contributed by atoms with Gasteiger partial charge in [-0.1, -0.05) is 6.92 Å². The minimum absolute atomic E-state index is 0.0599. The van der Waals surface area contributed by atoms with Crippen molar-refractivity contribution in [2.24, 2.45) is 5.84 Å². The number of nitrogens with zero attached hydrogens (tertiary/aromatic N) is 3. The maximum absolute atomic E-state index is 13.2. The number of hydrogen-bond acceptors (Lipinski definition) is 7. The lowest BCUT2D eigenvalue weighted by Crippen LogP contribution is -2.13. The van der Waals surface area contributed by atoms with Gasteiger partial charge in [0.15, 0.2) is 0 Å². The highest BCUT2D eigenvalue weighted by atomic mass is 79.9. The number of nitrogens with one attached hydrogen (secondary N) is 1. The Morgan fingerprint density at radius 3 is 2.76 bits per heavy atom. The van der Waals surface area contributed by atoms with Gasteiger partial charge in [-0.25, -0.2) is 10.2 Å². The molecule has 112 valence electrons. The van der Waals surface area contributed by atoms with E-state index in [1.54, 1.807) is 0 Å². The van der Waals surface area contributed by atoms with E-state index >= 15 is 0 Å². The van der Waals surface area contributed by atoms with Crippen LogP contribution in [0.5, 0.6) is 17.8 Å². The summed E-state index contributed by atoms with van der Waals surface area (Å²) < 4.78 is 24.5. The summed E-state index contributed by atoms with van der Waals surface area (Å²) in [5.41, 5.74) is 2.29. The summed E-state index contributed by atoms with van der Waals surface area (Å²) in [5, 5.41) is 0. The quantitative estimate of drug-likeness (QED) is 0.605. The van der Waals surface area contributed by atoms with Crippen LogP contribution in [0.3, 0.4) is 0 Å². The van der Waals surface area contributed by atoms with Crippen LogP contribution in [-0.2, 0) is 0 Å². The molecule has 0 amide bonds. The fourth-order valence-electron chi connectivity index (χ4n) is 1.36. The van der Waals surface area contributed by atoms with Crippen molar-refractivity contribution in [1.82, 2.24) is 15.0 Å². The summed E-state index contributed by atoms with van der Waals surface area (Å²) in [4.78, 5) is 11.8. The molecule has 21 heavy (non-hydrogen) atoms. The number of halogens is 2. The molecule has 0 bridgehead atoms. The number of anilines is 1. The minimum Gasteiger partial charge on any atom is -0.463 e. The van der Waals surface area contributed by atoms with Gasteiger partial charge >= 0.3 is 12.0 Å². The van der Waals surface area contributed by atoms with Gasteiger partial charge < -0.3 is 9.47 Å². The summed E-state index contributed by atoms with van der Waals surface area (Å²) >= 11 is 3.25. The van der Waals surface area contributed by atoms with E-state index in [9.17, 15) is 4.39 Å². The topological polar surface area (TPSA) is 95.2 Å². The van der Waals surface area contributed by atoms with Gasteiger partial charge in [0.05, 0.1) is 11.1 Å². The zero-order valence-electron chi connectivity index (χ0n) is 11.1. The van der Waals surface area contributed by atoms with Crippen LogP contribution in [0.25, 0.3) is 0 Å². The average molecular weight is 358 g/mol. The fourth-order valence-corrected chi connectivity index (χ4v) is 1.69. The minimum atomic E-state index is -0.443. The molecule has 0 saturated heterocycles. The number of hydrazine groups is 1. The lowest BCUT2D eigenvalue weighted by Gasteiger charge is -2.09. The van der Waals surface area contributed by atoms with Gasteiger partial charge in [0, 0.05) is 6.07 Å². The van der Waals surface area contributed by atoms with E-state index in [-0.39, 0.29) is 23.7 Å². The van der Waals surface area contributed by atoms with Crippen LogP contribution in [0.1, 0.15) is 13.3 Å². The Kier molecular flexibility index (Phi) is 5.23. The molecule has 0 saturated carbocycles. The second kappa shape index (κ2) is 7.14. The smallest absolute Gasteiger partial charge is 0.330 e. The first-order valence-corrected chi connectivity index (χ1v) is 6.90. The number of nitrogens with two attached hydrogens (primary N) is 1. The molecule has 3 N–H and O–H groups in total. The molecule has 0 spiro atoms. The van der Waals surface area contributed by atoms with E-state index < -0.39 is 5.82 Å². The Morgan fingerprint density at radius 2 is 2.05 bits per heavy atom. The number of hydrogen-bond donors (Lipinski definition) is 2. The fraction of sp³-hybridized carbons (Fsp3) is 0.250. The first-order valence-electron chi connectivity index (χ1n) is 6.10. The standard InChI is InChI=1S/C12H13BrFN5O2/c1-2-5-20-11-16-10(19-15)17-12(18-11)21-9-6-7(14)3-4-8(9)13/h3-4,6H,2,5,15H2,1H3,(H,16,17,18,19). The third kappa shape index (κ3) is 4.23. The normalized spacial score (nSPS) is 10.3. The summed E-state index contributed by atoms with van der Waals surface area (Å²) in [6, 6.07) is 4.03. The number of ether oxygens (including phenoxy) is 2. The van der Waals surface area contributed by atoms with Crippen molar-refractivity contribution < 1.29 is 13.9 Å². The molecule has 0 fully saturated rings. The van der Waals surface area contributed by atoms with Crippen LogP contribution in [0.2, 0.25) is 0 Å². The SMILES string of the molecule is CCCOc1nc(NN)nc(Oc2cc(F)ccc2Br)n1. The lowest BCUT2D eigenvalue weighted by atomic mass is 10.3. The van der Waals surface area contributed by atoms with Crippen molar-refractivity contribution in [2.75, 3.05) is 12.0 Å². The summed E-state index contributed by atoms with van der Waals surface area (Å²) in [6.45, 7) is 2.39. The predicted molar refractivity (Wildman–Crippen MR) is 77.6 cm³/mol. The average Bonchev–Trinajstić information content (AvgIpc) is 2.48. The Morgan fingerprint density at radius 1 is 1.29 bits per heavy atom. The molecule has 0 unspecified atom stereocenters. The van der Waals surface area contributed by atoms with E-state index in [2.05, 4.69) is 36.3 Å². The van der Waals surface area contributed by atoms with Crippen LogP contribution in [0, 0.1) is 5.82 Å². The van der Waals surface area contributed by atoms with Gasteiger partial charge in [0.1, 0.15) is 11.6 Å². The van der Waals surface area contributed by atoms with Gasteiger partial charge in [0.2, 0.25) is 5.95 Å². The molecule has 1 aromatic heterocycles. The lowest BCUT2D eigenvalue weighted by molar-refractivity contribution is 0.285. The molecule has 0 aliphatic heterocycles. The van der Waals surface area contributed by atoms with Gasteiger partial charge in [-0.05, 0) is 34.5 Å². The number of nitrogen functional groups attached to an aromatic ring is 1. The van der Waals surface area contributed by atoms with Crippen LogP contribution >= 0.6 is 15.9 Å². The van der Waals surface area contributed by atoms with Crippen molar-refractivity contribution in [2.45, 2.75) is 13.3 Å². The molecule has 7 nitrogen and oxygen atoms in total. The van der Waals surface area contributed by atoms with E-state index in [4.69, 9.17) is 15.3 Å². The molecule has 0 radical (unpaired) electrons. The Balaban J connectivity index is 2.27.